The summed E-state index contributed by atoms with van der Waals surface area (Å²) in [5, 5.41) is 0.497. The fourth-order valence-electron chi connectivity index (χ4n) is 1.82. The number of carbonyl (C=O) groups is 1. The molecule has 1 atom stereocenters. The van der Waals surface area contributed by atoms with Crippen LogP contribution in [-0.2, 0) is 9.53 Å². The third-order valence-corrected chi connectivity index (χ3v) is 3.66. The van der Waals surface area contributed by atoms with E-state index in [2.05, 4.69) is 15.9 Å². The Bertz CT molecular complexity index is 448. The molecule has 1 unspecified atom stereocenters. The normalized spacial score (nSPS) is 16.2. The molecule has 0 aliphatic heterocycles. The van der Waals surface area contributed by atoms with Gasteiger partial charge in [0.1, 0.15) is 5.75 Å². The molecule has 1 aliphatic carbocycles. The molecule has 0 saturated heterocycles. The Morgan fingerprint density at radius 1 is 1.50 bits per heavy atom. The van der Waals surface area contributed by atoms with Gasteiger partial charge in [-0.3, -0.25) is 0 Å². The van der Waals surface area contributed by atoms with Crippen molar-refractivity contribution in [2.24, 2.45) is 5.92 Å². The lowest BCUT2D eigenvalue weighted by Gasteiger charge is -2.19. The second-order valence-corrected chi connectivity index (χ2v) is 5.76. The Labute approximate surface area is 120 Å². The highest BCUT2D eigenvalue weighted by molar-refractivity contribution is 9.10. The Hall–Kier alpha value is -0.740. The van der Waals surface area contributed by atoms with Crippen LogP contribution in [0.4, 0.5) is 0 Å². The van der Waals surface area contributed by atoms with E-state index in [-0.39, 0.29) is 11.9 Å². The first-order valence-electron chi connectivity index (χ1n) is 5.73. The predicted molar refractivity (Wildman–Crippen MR) is 73.0 cm³/mol. The largest absolute Gasteiger partial charge is 0.477 e. The van der Waals surface area contributed by atoms with Gasteiger partial charge in [-0.2, -0.15) is 0 Å². The van der Waals surface area contributed by atoms with Crippen LogP contribution in [0.3, 0.4) is 0 Å². The first kappa shape index (κ1) is 13.7. The number of rotatable bonds is 4. The highest BCUT2D eigenvalue weighted by Crippen LogP contribution is 2.39. The summed E-state index contributed by atoms with van der Waals surface area (Å²) < 4.78 is 11.4. The molecule has 1 fully saturated rings. The van der Waals surface area contributed by atoms with Crippen molar-refractivity contribution in [2.75, 3.05) is 7.11 Å². The number of benzene rings is 1. The lowest BCUT2D eigenvalue weighted by atomic mass is 10.2. The van der Waals surface area contributed by atoms with Crippen LogP contribution >= 0.6 is 27.5 Å². The van der Waals surface area contributed by atoms with Gasteiger partial charge < -0.3 is 9.47 Å². The average molecular weight is 334 g/mol. The number of ether oxygens (including phenoxy) is 2. The zero-order valence-corrected chi connectivity index (χ0v) is 12.5. The Morgan fingerprint density at radius 3 is 2.67 bits per heavy atom. The van der Waals surface area contributed by atoms with Crippen molar-refractivity contribution in [1.82, 2.24) is 0 Å². The predicted octanol–water partition coefficient (Wildman–Crippen LogP) is 3.74. The zero-order chi connectivity index (χ0) is 13.3. The minimum atomic E-state index is -0.549. The fourth-order valence-corrected chi connectivity index (χ4v) is 2.83. The van der Waals surface area contributed by atoms with Crippen LogP contribution in [0.5, 0.6) is 5.75 Å². The monoisotopic (exact) mass is 332 g/mol. The van der Waals surface area contributed by atoms with E-state index in [0.29, 0.717) is 10.8 Å². The van der Waals surface area contributed by atoms with E-state index < -0.39 is 6.10 Å². The van der Waals surface area contributed by atoms with Gasteiger partial charge in [0.15, 0.2) is 6.10 Å². The van der Waals surface area contributed by atoms with Gasteiger partial charge in [0.25, 0.3) is 0 Å². The van der Waals surface area contributed by atoms with Gasteiger partial charge in [-0.15, -0.1) is 0 Å². The van der Waals surface area contributed by atoms with Crippen molar-refractivity contribution in [1.29, 1.82) is 0 Å². The van der Waals surface area contributed by atoms with E-state index in [4.69, 9.17) is 21.1 Å². The number of hydrogen-bond acceptors (Lipinski definition) is 3. The summed E-state index contributed by atoms with van der Waals surface area (Å²) in [7, 11) is 1.37. The van der Waals surface area contributed by atoms with Gasteiger partial charge in [0.2, 0.25) is 0 Å². The molecule has 3 nitrogen and oxygen atoms in total. The highest BCUT2D eigenvalue weighted by atomic mass is 79.9. The summed E-state index contributed by atoms with van der Waals surface area (Å²) in [6.07, 6.45) is 1.44. The Balaban J connectivity index is 2.24. The van der Waals surface area contributed by atoms with Crippen molar-refractivity contribution in [3.63, 3.8) is 0 Å². The molecule has 0 amide bonds. The average Bonchev–Trinajstić information content (AvgIpc) is 3.11. The third kappa shape index (κ3) is 2.98. The lowest BCUT2D eigenvalue weighted by Crippen LogP contribution is -2.31. The van der Waals surface area contributed by atoms with Crippen LogP contribution in [0.25, 0.3) is 0 Å². The molecule has 1 aromatic carbocycles. The minimum Gasteiger partial charge on any atom is -0.477 e. The molecular formula is C13H14BrClO3. The number of esters is 1. The second kappa shape index (κ2) is 5.49. The number of methoxy groups -OCH3 is 1. The van der Waals surface area contributed by atoms with Crippen LogP contribution in [0.15, 0.2) is 16.6 Å². The lowest BCUT2D eigenvalue weighted by molar-refractivity contribution is -0.149. The topological polar surface area (TPSA) is 35.5 Å². The van der Waals surface area contributed by atoms with Crippen LogP contribution in [0, 0.1) is 12.8 Å². The molecule has 2 rings (SSSR count). The fraction of sp³-hybridized carbons (Fsp3) is 0.462. The summed E-state index contributed by atoms with van der Waals surface area (Å²) in [6.45, 7) is 1.90. The molecule has 1 saturated carbocycles. The molecule has 1 aromatic rings. The van der Waals surface area contributed by atoms with Crippen LogP contribution < -0.4 is 4.74 Å². The van der Waals surface area contributed by atoms with Gasteiger partial charge in [0.05, 0.1) is 12.1 Å². The first-order valence-corrected chi connectivity index (χ1v) is 6.90. The molecule has 18 heavy (non-hydrogen) atoms. The Kier molecular flexibility index (Phi) is 4.17. The van der Waals surface area contributed by atoms with E-state index >= 15 is 0 Å². The molecule has 0 heterocycles. The van der Waals surface area contributed by atoms with Gasteiger partial charge in [-0.05, 0) is 37.5 Å². The molecule has 0 aromatic heterocycles. The van der Waals surface area contributed by atoms with Crippen LogP contribution in [0.1, 0.15) is 18.4 Å². The van der Waals surface area contributed by atoms with E-state index in [1.807, 2.05) is 13.0 Å². The maximum absolute atomic E-state index is 11.7. The highest BCUT2D eigenvalue weighted by Gasteiger charge is 2.39. The van der Waals surface area contributed by atoms with E-state index in [0.717, 1.165) is 22.9 Å². The van der Waals surface area contributed by atoms with Crippen molar-refractivity contribution < 1.29 is 14.3 Å². The second-order valence-electron chi connectivity index (χ2n) is 4.43. The molecule has 0 N–H and O–H groups in total. The molecular weight excluding hydrogens is 319 g/mol. The van der Waals surface area contributed by atoms with Crippen LogP contribution in [-0.4, -0.2) is 19.2 Å². The van der Waals surface area contributed by atoms with Gasteiger partial charge >= 0.3 is 5.97 Å². The molecule has 0 radical (unpaired) electrons. The van der Waals surface area contributed by atoms with Crippen molar-refractivity contribution in [2.45, 2.75) is 25.9 Å². The van der Waals surface area contributed by atoms with Gasteiger partial charge in [-0.1, -0.05) is 27.5 Å². The minimum absolute atomic E-state index is 0.247. The maximum atomic E-state index is 11.7. The maximum Gasteiger partial charge on any atom is 0.347 e. The van der Waals surface area contributed by atoms with E-state index in [1.165, 1.54) is 7.11 Å². The molecule has 98 valence electrons. The summed E-state index contributed by atoms with van der Waals surface area (Å²) in [4.78, 5) is 11.7. The molecule has 5 heteroatoms. The smallest absolute Gasteiger partial charge is 0.347 e. The first-order chi connectivity index (χ1) is 8.52. The molecule has 0 spiro atoms. The van der Waals surface area contributed by atoms with E-state index in [1.54, 1.807) is 6.07 Å². The summed E-state index contributed by atoms with van der Waals surface area (Å²) >= 11 is 9.51. The van der Waals surface area contributed by atoms with Crippen molar-refractivity contribution >= 4 is 33.5 Å². The summed E-state index contributed by atoms with van der Waals surface area (Å²) in [6, 6.07) is 3.66. The van der Waals surface area contributed by atoms with Crippen molar-refractivity contribution in [3.8, 4) is 5.75 Å². The summed E-state index contributed by atoms with van der Waals surface area (Å²) in [5.41, 5.74) is 0.893. The number of hydrogen-bond donors (Lipinski definition) is 0. The third-order valence-electron chi connectivity index (χ3n) is 2.92. The Morgan fingerprint density at radius 2 is 2.17 bits per heavy atom. The van der Waals surface area contributed by atoms with E-state index in [9.17, 15) is 4.79 Å². The molecule has 0 bridgehead atoms. The van der Waals surface area contributed by atoms with Gasteiger partial charge in [-0.25, -0.2) is 4.79 Å². The zero-order valence-electron chi connectivity index (χ0n) is 10.2. The van der Waals surface area contributed by atoms with Crippen molar-refractivity contribution in [3.05, 3.63) is 27.2 Å². The quantitative estimate of drug-likeness (QED) is 0.787. The standard InChI is InChI=1S/C13H14BrClO3/c1-7-5-9(14)6-10(15)11(7)18-12(8-3-4-8)13(16)17-2/h5-6,8,12H,3-4H2,1-2H3. The number of aryl methyl sites for hydroxylation is 1. The number of halogens is 2. The SMILES string of the molecule is COC(=O)C(Oc1c(C)cc(Br)cc1Cl)C1CC1. The number of carbonyl (C=O) groups excluding carboxylic acids is 1. The van der Waals surface area contributed by atoms with Gasteiger partial charge in [0, 0.05) is 10.4 Å². The van der Waals surface area contributed by atoms with Crippen LogP contribution in [0.2, 0.25) is 5.02 Å². The summed E-state index contributed by atoms with van der Waals surface area (Å²) in [5.74, 6) is 0.467. The molecule has 1 aliphatic rings.